The number of rotatable bonds is 2. The molecule has 0 heterocycles. The maximum absolute atomic E-state index is 2.39. The van der Waals surface area contributed by atoms with E-state index in [4.69, 9.17) is 0 Å². The highest BCUT2D eigenvalue weighted by Gasteiger charge is 2.26. The summed E-state index contributed by atoms with van der Waals surface area (Å²) in [5.41, 5.74) is 8.66. The number of hydrogen-bond donors (Lipinski definition) is 0. The first-order valence-electron chi connectivity index (χ1n) is 7.84. The summed E-state index contributed by atoms with van der Waals surface area (Å²) in [4.78, 5) is 2.18. The van der Waals surface area contributed by atoms with E-state index in [1.165, 1.54) is 33.5 Å². The molecule has 0 saturated carbocycles. The molecule has 1 aliphatic rings. The number of benzene rings is 1. The minimum Gasteiger partial charge on any atom is -0.378 e. The quantitative estimate of drug-likeness (QED) is 0.700. The van der Waals surface area contributed by atoms with Gasteiger partial charge in [-0.1, -0.05) is 45.4 Å². The zero-order chi connectivity index (χ0) is 15.9. The zero-order valence-electron chi connectivity index (χ0n) is 14.8. The Balaban J connectivity index is 2.66. The van der Waals surface area contributed by atoms with Crippen LogP contribution in [0.3, 0.4) is 0 Å². The van der Waals surface area contributed by atoms with Crippen LogP contribution < -0.4 is 4.90 Å². The van der Waals surface area contributed by atoms with E-state index < -0.39 is 0 Å². The van der Waals surface area contributed by atoms with E-state index in [-0.39, 0.29) is 5.41 Å². The van der Waals surface area contributed by atoms with Crippen LogP contribution in [0.1, 0.15) is 52.7 Å². The molecule has 1 aromatic rings. The summed E-state index contributed by atoms with van der Waals surface area (Å²) in [6.45, 7) is 13.7. The van der Waals surface area contributed by atoms with Crippen molar-refractivity contribution in [3.05, 3.63) is 46.5 Å². The standard InChI is InChI=1S/C20H29N/c1-13-11-14(2)19(15(13)3)17-10-9-16(21(7)8)12-18(17)20(4,5)6/h9-12,14H,1-8H3. The molecular weight excluding hydrogens is 254 g/mol. The molecule has 2 rings (SSSR count). The van der Waals surface area contributed by atoms with E-state index in [1.807, 2.05) is 0 Å². The summed E-state index contributed by atoms with van der Waals surface area (Å²) < 4.78 is 0. The van der Waals surface area contributed by atoms with Gasteiger partial charge in [0.2, 0.25) is 0 Å². The van der Waals surface area contributed by atoms with Crippen molar-refractivity contribution in [1.29, 1.82) is 0 Å². The Bertz CT molecular complexity index is 609. The zero-order valence-corrected chi connectivity index (χ0v) is 14.8. The van der Waals surface area contributed by atoms with Crippen LogP contribution in [0.25, 0.3) is 5.57 Å². The highest BCUT2D eigenvalue weighted by Crippen LogP contribution is 2.42. The van der Waals surface area contributed by atoms with Gasteiger partial charge in [0, 0.05) is 25.7 Å². The van der Waals surface area contributed by atoms with Gasteiger partial charge in [0.25, 0.3) is 0 Å². The van der Waals surface area contributed by atoms with Crippen molar-refractivity contribution in [2.75, 3.05) is 19.0 Å². The number of allylic oxidation sites excluding steroid dienone is 4. The molecule has 0 fully saturated rings. The van der Waals surface area contributed by atoms with Gasteiger partial charge in [-0.3, -0.25) is 0 Å². The van der Waals surface area contributed by atoms with Gasteiger partial charge in [-0.2, -0.15) is 0 Å². The van der Waals surface area contributed by atoms with Crippen molar-refractivity contribution in [2.45, 2.75) is 47.0 Å². The van der Waals surface area contributed by atoms with Crippen molar-refractivity contribution in [1.82, 2.24) is 0 Å². The summed E-state index contributed by atoms with van der Waals surface area (Å²) >= 11 is 0. The van der Waals surface area contributed by atoms with Crippen LogP contribution in [-0.4, -0.2) is 14.1 Å². The Labute approximate surface area is 130 Å². The maximum Gasteiger partial charge on any atom is 0.0364 e. The van der Waals surface area contributed by atoms with Crippen LogP contribution in [0.4, 0.5) is 5.69 Å². The molecule has 0 radical (unpaired) electrons. The lowest BCUT2D eigenvalue weighted by atomic mass is 9.79. The average Bonchev–Trinajstić information content (AvgIpc) is 2.61. The monoisotopic (exact) mass is 283 g/mol. The van der Waals surface area contributed by atoms with E-state index in [1.54, 1.807) is 0 Å². The molecule has 0 saturated heterocycles. The molecule has 1 nitrogen and oxygen atoms in total. The molecule has 1 aliphatic carbocycles. The normalized spacial score (nSPS) is 19.0. The Morgan fingerprint density at radius 1 is 1.05 bits per heavy atom. The van der Waals surface area contributed by atoms with Crippen molar-refractivity contribution >= 4 is 11.3 Å². The topological polar surface area (TPSA) is 3.24 Å². The lowest BCUT2D eigenvalue weighted by Gasteiger charge is -2.27. The lowest BCUT2D eigenvalue weighted by molar-refractivity contribution is 0.588. The second kappa shape index (κ2) is 5.36. The molecule has 0 N–H and O–H groups in total. The van der Waals surface area contributed by atoms with Crippen LogP contribution in [0.2, 0.25) is 0 Å². The molecule has 0 aliphatic heterocycles. The van der Waals surface area contributed by atoms with Gasteiger partial charge >= 0.3 is 0 Å². The molecule has 0 amide bonds. The Morgan fingerprint density at radius 3 is 2.10 bits per heavy atom. The number of nitrogens with zero attached hydrogens (tertiary/aromatic N) is 1. The van der Waals surface area contributed by atoms with Crippen molar-refractivity contribution in [3.8, 4) is 0 Å². The Hall–Kier alpha value is -1.50. The van der Waals surface area contributed by atoms with Crippen molar-refractivity contribution in [3.63, 3.8) is 0 Å². The predicted octanol–water partition coefficient (Wildman–Crippen LogP) is 5.42. The van der Waals surface area contributed by atoms with Gasteiger partial charge in [0.15, 0.2) is 0 Å². The molecule has 0 bridgehead atoms. The average molecular weight is 283 g/mol. The molecule has 114 valence electrons. The minimum absolute atomic E-state index is 0.144. The van der Waals surface area contributed by atoms with Crippen LogP contribution >= 0.6 is 0 Å². The van der Waals surface area contributed by atoms with Gasteiger partial charge in [0.1, 0.15) is 0 Å². The molecule has 0 aromatic heterocycles. The molecule has 1 aromatic carbocycles. The SMILES string of the molecule is CC1=CC(C)C(c2ccc(N(C)C)cc2C(C)(C)C)=C1C. The summed E-state index contributed by atoms with van der Waals surface area (Å²) in [5, 5.41) is 0. The van der Waals surface area contributed by atoms with Crippen LogP contribution in [0.15, 0.2) is 35.4 Å². The van der Waals surface area contributed by atoms with E-state index in [2.05, 4.69) is 84.8 Å². The smallest absolute Gasteiger partial charge is 0.0364 e. The largest absolute Gasteiger partial charge is 0.378 e. The third kappa shape index (κ3) is 2.92. The van der Waals surface area contributed by atoms with Gasteiger partial charge in [-0.25, -0.2) is 0 Å². The maximum atomic E-state index is 2.39. The third-order valence-electron chi connectivity index (χ3n) is 4.57. The highest BCUT2D eigenvalue weighted by molar-refractivity contribution is 5.81. The summed E-state index contributed by atoms with van der Waals surface area (Å²) in [6.07, 6.45) is 2.39. The van der Waals surface area contributed by atoms with E-state index in [9.17, 15) is 0 Å². The highest BCUT2D eigenvalue weighted by atomic mass is 15.1. The number of hydrogen-bond acceptors (Lipinski definition) is 1. The summed E-state index contributed by atoms with van der Waals surface area (Å²) in [5.74, 6) is 0.510. The Morgan fingerprint density at radius 2 is 1.67 bits per heavy atom. The van der Waals surface area contributed by atoms with Gasteiger partial charge in [0.05, 0.1) is 0 Å². The molecular formula is C20H29N. The minimum atomic E-state index is 0.144. The molecule has 1 atom stereocenters. The summed E-state index contributed by atoms with van der Waals surface area (Å²) in [6, 6.07) is 6.92. The fourth-order valence-corrected chi connectivity index (χ4v) is 3.25. The molecule has 1 heteroatoms. The van der Waals surface area contributed by atoms with Gasteiger partial charge < -0.3 is 4.90 Å². The lowest BCUT2D eigenvalue weighted by Crippen LogP contribution is -2.17. The first kappa shape index (κ1) is 15.9. The summed E-state index contributed by atoms with van der Waals surface area (Å²) in [7, 11) is 4.21. The first-order chi connectivity index (χ1) is 9.62. The van der Waals surface area contributed by atoms with Crippen LogP contribution in [0.5, 0.6) is 0 Å². The number of anilines is 1. The van der Waals surface area contributed by atoms with Gasteiger partial charge in [-0.15, -0.1) is 0 Å². The molecule has 0 spiro atoms. The predicted molar refractivity (Wildman–Crippen MR) is 95.0 cm³/mol. The van der Waals surface area contributed by atoms with E-state index in [0.29, 0.717) is 5.92 Å². The van der Waals surface area contributed by atoms with Crippen LogP contribution in [0, 0.1) is 5.92 Å². The second-order valence-electron chi connectivity index (χ2n) is 7.55. The fraction of sp³-hybridized carbons (Fsp3) is 0.500. The first-order valence-corrected chi connectivity index (χ1v) is 7.84. The van der Waals surface area contributed by atoms with E-state index in [0.717, 1.165) is 0 Å². The molecule has 21 heavy (non-hydrogen) atoms. The van der Waals surface area contributed by atoms with Crippen LogP contribution in [-0.2, 0) is 5.41 Å². The van der Waals surface area contributed by atoms with Crippen molar-refractivity contribution in [2.24, 2.45) is 5.92 Å². The fourth-order valence-electron chi connectivity index (χ4n) is 3.25. The molecule has 1 unspecified atom stereocenters. The van der Waals surface area contributed by atoms with E-state index >= 15 is 0 Å². The van der Waals surface area contributed by atoms with Crippen molar-refractivity contribution < 1.29 is 0 Å². The van der Waals surface area contributed by atoms with Gasteiger partial charge in [-0.05, 0) is 53.7 Å². The second-order valence-corrected chi connectivity index (χ2v) is 7.55. The third-order valence-corrected chi connectivity index (χ3v) is 4.57. The Kier molecular flexibility index (Phi) is 4.06.